The highest BCUT2D eigenvalue weighted by Crippen LogP contribution is 2.32. The third-order valence-electron chi connectivity index (χ3n) is 4.32. The second-order valence-electron chi connectivity index (χ2n) is 6.50. The lowest BCUT2D eigenvalue weighted by molar-refractivity contribution is -0.122. The standard InChI is InChI=1S/C23H26N2O3S/c1-4-24-23-25(5-2)22(26)21(29-23)16-18-8-12-20(13-9-18)28-15-14-27-19-10-6-17(3)7-11-19/h6-13,16H,4-5,14-15H2,1-3H3. The molecule has 0 saturated carbocycles. The van der Waals surface area contributed by atoms with Crippen LogP contribution in [0.15, 0.2) is 58.4 Å². The van der Waals surface area contributed by atoms with Crippen LogP contribution in [-0.4, -0.2) is 42.3 Å². The number of hydrogen-bond acceptors (Lipinski definition) is 5. The van der Waals surface area contributed by atoms with Crippen LogP contribution in [0.3, 0.4) is 0 Å². The Balaban J connectivity index is 1.53. The Morgan fingerprint density at radius 2 is 1.55 bits per heavy atom. The van der Waals surface area contributed by atoms with Crippen LogP contribution < -0.4 is 9.47 Å². The summed E-state index contributed by atoms with van der Waals surface area (Å²) in [6, 6.07) is 15.7. The summed E-state index contributed by atoms with van der Waals surface area (Å²) in [5.41, 5.74) is 2.16. The molecule has 0 aliphatic carbocycles. The van der Waals surface area contributed by atoms with E-state index < -0.39 is 0 Å². The first kappa shape index (κ1) is 21.0. The summed E-state index contributed by atoms with van der Waals surface area (Å²) in [6.07, 6.45) is 1.90. The molecule has 0 N–H and O–H groups in total. The summed E-state index contributed by atoms with van der Waals surface area (Å²) < 4.78 is 11.4. The Labute approximate surface area is 176 Å². The van der Waals surface area contributed by atoms with E-state index in [9.17, 15) is 4.79 Å². The molecular weight excluding hydrogens is 384 g/mol. The Bertz CT molecular complexity index is 889. The maximum Gasteiger partial charge on any atom is 0.266 e. The minimum atomic E-state index is 0.0123. The first-order valence-corrected chi connectivity index (χ1v) is 10.6. The number of thioether (sulfide) groups is 1. The minimum absolute atomic E-state index is 0.0123. The van der Waals surface area contributed by atoms with E-state index in [1.807, 2.05) is 75.4 Å². The fourth-order valence-electron chi connectivity index (χ4n) is 2.81. The minimum Gasteiger partial charge on any atom is -0.490 e. The number of likely N-dealkylation sites (N-methyl/N-ethyl adjacent to an activating group) is 1. The maximum absolute atomic E-state index is 12.5. The average molecular weight is 411 g/mol. The van der Waals surface area contributed by atoms with E-state index in [1.165, 1.54) is 17.3 Å². The van der Waals surface area contributed by atoms with Crippen LogP contribution >= 0.6 is 11.8 Å². The van der Waals surface area contributed by atoms with Gasteiger partial charge in [-0.05, 0) is 68.4 Å². The molecule has 1 fully saturated rings. The monoisotopic (exact) mass is 410 g/mol. The van der Waals surface area contributed by atoms with Crippen LogP contribution in [0.2, 0.25) is 0 Å². The number of carbonyl (C=O) groups is 1. The van der Waals surface area contributed by atoms with Gasteiger partial charge in [-0.1, -0.05) is 29.8 Å². The molecule has 1 heterocycles. The zero-order valence-electron chi connectivity index (χ0n) is 17.1. The van der Waals surface area contributed by atoms with Crippen molar-refractivity contribution in [2.24, 2.45) is 4.99 Å². The lowest BCUT2D eigenvalue weighted by Crippen LogP contribution is -2.28. The lowest BCUT2D eigenvalue weighted by Gasteiger charge is -2.11. The van der Waals surface area contributed by atoms with Gasteiger partial charge in [0.1, 0.15) is 24.7 Å². The number of nitrogens with zero attached hydrogens (tertiary/aromatic N) is 2. The highest BCUT2D eigenvalue weighted by molar-refractivity contribution is 8.18. The average Bonchev–Trinajstić information content (AvgIpc) is 3.02. The van der Waals surface area contributed by atoms with Crippen LogP contribution in [-0.2, 0) is 4.79 Å². The predicted octanol–water partition coefficient (Wildman–Crippen LogP) is 4.76. The Morgan fingerprint density at radius 3 is 2.10 bits per heavy atom. The smallest absolute Gasteiger partial charge is 0.266 e. The molecule has 29 heavy (non-hydrogen) atoms. The van der Waals surface area contributed by atoms with Crippen molar-refractivity contribution < 1.29 is 14.3 Å². The topological polar surface area (TPSA) is 51.1 Å². The van der Waals surface area contributed by atoms with Crippen molar-refractivity contribution in [1.82, 2.24) is 4.90 Å². The van der Waals surface area contributed by atoms with Crippen molar-refractivity contribution in [3.05, 3.63) is 64.6 Å². The lowest BCUT2D eigenvalue weighted by atomic mass is 10.2. The number of ether oxygens (including phenoxy) is 2. The number of carbonyl (C=O) groups excluding carboxylic acids is 1. The van der Waals surface area contributed by atoms with Gasteiger partial charge in [0.05, 0.1) is 4.91 Å². The van der Waals surface area contributed by atoms with Gasteiger partial charge < -0.3 is 9.47 Å². The van der Waals surface area contributed by atoms with Crippen LogP contribution in [0.1, 0.15) is 25.0 Å². The Morgan fingerprint density at radius 1 is 0.966 bits per heavy atom. The van der Waals surface area contributed by atoms with Gasteiger partial charge in [-0.2, -0.15) is 0 Å². The number of amides is 1. The third kappa shape index (κ3) is 5.64. The van der Waals surface area contributed by atoms with Crippen molar-refractivity contribution in [3.8, 4) is 11.5 Å². The summed E-state index contributed by atoms with van der Waals surface area (Å²) in [4.78, 5) is 19.3. The number of benzene rings is 2. The van der Waals surface area contributed by atoms with Gasteiger partial charge >= 0.3 is 0 Å². The van der Waals surface area contributed by atoms with Gasteiger partial charge in [0.25, 0.3) is 5.91 Å². The molecule has 3 rings (SSSR count). The number of aryl methyl sites for hydroxylation is 1. The van der Waals surface area contributed by atoms with E-state index in [2.05, 4.69) is 4.99 Å². The number of rotatable bonds is 8. The molecule has 5 nitrogen and oxygen atoms in total. The largest absolute Gasteiger partial charge is 0.490 e. The molecule has 1 aliphatic heterocycles. The second-order valence-corrected chi connectivity index (χ2v) is 7.51. The van der Waals surface area contributed by atoms with E-state index >= 15 is 0 Å². The molecule has 0 atom stereocenters. The zero-order valence-corrected chi connectivity index (χ0v) is 17.9. The fraction of sp³-hybridized carbons (Fsp3) is 0.304. The highest BCUT2D eigenvalue weighted by Gasteiger charge is 2.31. The molecule has 0 bridgehead atoms. The van der Waals surface area contributed by atoms with Gasteiger partial charge in [0, 0.05) is 13.1 Å². The number of amidine groups is 1. The van der Waals surface area contributed by atoms with Crippen molar-refractivity contribution in [2.45, 2.75) is 20.8 Å². The molecule has 2 aromatic rings. The van der Waals surface area contributed by atoms with Gasteiger partial charge in [0.2, 0.25) is 0 Å². The Hall–Kier alpha value is -2.73. The molecule has 0 unspecified atom stereocenters. The molecule has 1 saturated heterocycles. The van der Waals surface area contributed by atoms with Crippen molar-refractivity contribution >= 4 is 28.9 Å². The van der Waals surface area contributed by atoms with Gasteiger partial charge in [-0.3, -0.25) is 14.7 Å². The fourth-order valence-corrected chi connectivity index (χ4v) is 3.91. The molecule has 0 radical (unpaired) electrons. The molecule has 1 amide bonds. The highest BCUT2D eigenvalue weighted by atomic mass is 32.2. The summed E-state index contributed by atoms with van der Waals surface area (Å²) in [6.45, 7) is 8.21. The maximum atomic E-state index is 12.5. The Kier molecular flexibility index (Phi) is 7.36. The zero-order chi connectivity index (χ0) is 20.6. The molecule has 152 valence electrons. The summed E-state index contributed by atoms with van der Waals surface area (Å²) >= 11 is 1.43. The molecule has 6 heteroatoms. The van der Waals surface area contributed by atoms with Crippen LogP contribution in [0.5, 0.6) is 11.5 Å². The third-order valence-corrected chi connectivity index (χ3v) is 5.36. The summed E-state index contributed by atoms with van der Waals surface area (Å²) in [7, 11) is 0. The predicted molar refractivity (Wildman–Crippen MR) is 120 cm³/mol. The normalized spacial score (nSPS) is 16.7. The number of hydrogen-bond donors (Lipinski definition) is 0. The first-order valence-electron chi connectivity index (χ1n) is 9.79. The van der Waals surface area contributed by atoms with Crippen molar-refractivity contribution in [2.75, 3.05) is 26.3 Å². The first-order chi connectivity index (χ1) is 14.1. The van der Waals surface area contributed by atoms with Gasteiger partial charge in [-0.15, -0.1) is 0 Å². The number of aliphatic imine (C=N–C) groups is 1. The molecule has 0 aromatic heterocycles. The van der Waals surface area contributed by atoms with E-state index in [-0.39, 0.29) is 5.91 Å². The van der Waals surface area contributed by atoms with Crippen molar-refractivity contribution in [1.29, 1.82) is 0 Å². The van der Waals surface area contributed by atoms with Crippen LogP contribution in [0.25, 0.3) is 6.08 Å². The van der Waals surface area contributed by atoms with E-state index in [4.69, 9.17) is 9.47 Å². The van der Waals surface area contributed by atoms with Crippen LogP contribution in [0, 0.1) is 6.92 Å². The molecule has 2 aromatic carbocycles. The van der Waals surface area contributed by atoms with Crippen molar-refractivity contribution in [3.63, 3.8) is 0 Å². The second kappa shape index (κ2) is 10.2. The summed E-state index contributed by atoms with van der Waals surface area (Å²) in [5, 5.41) is 0.778. The summed E-state index contributed by atoms with van der Waals surface area (Å²) in [5.74, 6) is 1.62. The molecule has 1 aliphatic rings. The van der Waals surface area contributed by atoms with E-state index in [1.54, 1.807) is 4.90 Å². The molecular formula is C23H26N2O3S. The SMILES string of the molecule is CCN=C1SC(=Cc2ccc(OCCOc3ccc(C)cc3)cc2)C(=O)N1CC. The van der Waals surface area contributed by atoms with Gasteiger partial charge in [0.15, 0.2) is 5.17 Å². The quantitative estimate of drug-likeness (QED) is 0.465. The van der Waals surface area contributed by atoms with E-state index in [0.717, 1.165) is 22.2 Å². The van der Waals surface area contributed by atoms with E-state index in [0.29, 0.717) is 31.2 Å². The van der Waals surface area contributed by atoms with Crippen LogP contribution in [0.4, 0.5) is 0 Å². The van der Waals surface area contributed by atoms with Gasteiger partial charge in [-0.25, -0.2) is 0 Å². The molecule has 0 spiro atoms.